The van der Waals surface area contributed by atoms with Gasteiger partial charge in [0.15, 0.2) is 0 Å². The Morgan fingerprint density at radius 3 is 2.36 bits per heavy atom. The SMILES string of the molecule is CCCC(Cc1ccccc1)c1cccc(CCCNC)c1C(C)C. The highest BCUT2D eigenvalue weighted by atomic mass is 14.8. The average Bonchev–Trinajstić information content (AvgIpc) is 2.62. The van der Waals surface area contributed by atoms with Gasteiger partial charge in [-0.3, -0.25) is 0 Å². The van der Waals surface area contributed by atoms with Gasteiger partial charge in [0.2, 0.25) is 0 Å². The molecular weight excluding hydrogens is 302 g/mol. The minimum atomic E-state index is 0.580. The second-order valence-electron chi connectivity index (χ2n) is 7.46. The average molecular weight is 338 g/mol. The molecule has 1 atom stereocenters. The van der Waals surface area contributed by atoms with Crippen molar-refractivity contribution >= 4 is 0 Å². The monoisotopic (exact) mass is 337 g/mol. The summed E-state index contributed by atoms with van der Waals surface area (Å²) < 4.78 is 0. The predicted octanol–water partition coefficient (Wildman–Crippen LogP) is 6.09. The molecule has 25 heavy (non-hydrogen) atoms. The van der Waals surface area contributed by atoms with Gasteiger partial charge in [0, 0.05) is 0 Å². The van der Waals surface area contributed by atoms with Gasteiger partial charge in [-0.1, -0.05) is 75.7 Å². The standard InChI is InChI=1S/C24H35N/c1-5-11-22(18-20-12-7-6-8-13-20)23-16-9-14-21(15-10-17-25-4)24(23)19(2)3/h6-9,12-14,16,19,22,25H,5,10-11,15,17-18H2,1-4H3. The summed E-state index contributed by atoms with van der Waals surface area (Å²) in [6, 6.07) is 18.0. The third-order valence-corrected chi connectivity index (χ3v) is 5.08. The first-order valence-corrected chi connectivity index (χ1v) is 9.97. The van der Waals surface area contributed by atoms with Crippen molar-refractivity contribution < 1.29 is 0 Å². The number of rotatable bonds is 10. The highest BCUT2D eigenvalue weighted by Gasteiger charge is 2.19. The van der Waals surface area contributed by atoms with Gasteiger partial charge in [0.25, 0.3) is 0 Å². The first-order valence-electron chi connectivity index (χ1n) is 9.97. The first-order chi connectivity index (χ1) is 12.2. The smallest absolute Gasteiger partial charge is 0.00488 e. The second-order valence-corrected chi connectivity index (χ2v) is 7.46. The molecular formula is C24H35N. The molecule has 0 spiro atoms. The Hall–Kier alpha value is -1.60. The molecule has 0 heterocycles. The van der Waals surface area contributed by atoms with Crippen molar-refractivity contribution in [1.29, 1.82) is 0 Å². The number of hydrogen-bond donors (Lipinski definition) is 1. The zero-order valence-electron chi connectivity index (χ0n) is 16.5. The Labute approximate surface area is 154 Å². The van der Waals surface area contributed by atoms with Crippen LogP contribution in [-0.2, 0) is 12.8 Å². The Kier molecular flexibility index (Phi) is 8.21. The molecule has 136 valence electrons. The molecule has 2 aromatic rings. The lowest BCUT2D eigenvalue weighted by Gasteiger charge is -2.25. The Balaban J connectivity index is 2.33. The van der Waals surface area contributed by atoms with Gasteiger partial charge in [0.05, 0.1) is 0 Å². The molecule has 0 amide bonds. The number of benzene rings is 2. The van der Waals surface area contributed by atoms with Crippen molar-refractivity contribution in [3.05, 3.63) is 70.8 Å². The molecule has 1 heteroatoms. The van der Waals surface area contributed by atoms with Crippen LogP contribution < -0.4 is 5.32 Å². The Bertz CT molecular complexity index is 615. The van der Waals surface area contributed by atoms with Crippen LogP contribution in [0.3, 0.4) is 0 Å². The lowest BCUT2D eigenvalue weighted by atomic mass is 9.80. The third-order valence-electron chi connectivity index (χ3n) is 5.08. The van der Waals surface area contributed by atoms with Crippen molar-refractivity contribution in [2.75, 3.05) is 13.6 Å². The summed E-state index contributed by atoms with van der Waals surface area (Å²) in [5.41, 5.74) is 6.20. The third kappa shape index (κ3) is 5.71. The van der Waals surface area contributed by atoms with Crippen molar-refractivity contribution in [2.45, 2.75) is 64.7 Å². The van der Waals surface area contributed by atoms with Crippen LogP contribution in [0.15, 0.2) is 48.5 Å². The van der Waals surface area contributed by atoms with Crippen molar-refractivity contribution in [2.24, 2.45) is 0 Å². The predicted molar refractivity (Wildman–Crippen MR) is 111 cm³/mol. The van der Waals surface area contributed by atoms with E-state index in [1.54, 1.807) is 16.7 Å². The molecule has 0 saturated carbocycles. The summed E-state index contributed by atoms with van der Waals surface area (Å²) in [6.45, 7) is 8.10. The highest BCUT2D eigenvalue weighted by molar-refractivity contribution is 5.41. The van der Waals surface area contributed by atoms with Crippen LogP contribution >= 0.6 is 0 Å². The molecule has 0 radical (unpaired) electrons. The van der Waals surface area contributed by atoms with E-state index in [0.717, 1.165) is 13.0 Å². The van der Waals surface area contributed by atoms with Crippen LogP contribution in [0.1, 0.15) is 74.1 Å². The van der Waals surface area contributed by atoms with E-state index in [-0.39, 0.29) is 0 Å². The Morgan fingerprint density at radius 2 is 1.72 bits per heavy atom. The zero-order valence-corrected chi connectivity index (χ0v) is 16.5. The Morgan fingerprint density at radius 1 is 0.960 bits per heavy atom. The van der Waals surface area contributed by atoms with E-state index in [1.807, 2.05) is 7.05 Å². The molecule has 0 fully saturated rings. The van der Waals surface area contributed by atoms with Gasteiger partial charge in [-0.15, -0.1) is 0 Å². The lowest BCUT2D eigenvalue weighted by Crippen LogP contribution is -2.12. The molecule has 2 rings (SSSR count). The lowest BCUT2D eigenvalue weighted by molar-refractivity contribution is 0.597. The molecule has 0 aliphatic carbocycles. The minimum absolute atomic E-state index is 0.580. The molecule has 1 N–H and O–H groups in total. The van der Waals surface area contributed by atoms with Crippen LogP contribution in [0.4, 0.5) is 0 Å². The van der Waals surface area contributed by atoms with Gasteiger partial charge in [0.1, 0.15) is 0 Å². The fourth-order valence-electron chi connectivity index (χ4n) is 3.98. The van der Waals surface area contributed by atoms with Crippen LogP contribution in [0.25, 0.3) is 0 Å². The molecule has 0 bridgehead atoms. The van der Waals surface area contributed by atoms with E-state index in [1.165, 1.54) is 31.2 Å². The topological polar surface area (TPSA) is 12.0 Å². The van der Waals surface area contributed by atoms with Crippen LogP contribution in [0.2, 0.25) is 0 Å². The summed E-state index contributed by atoms with van der Waals surface area (Å²) in [6.07, 6.45) is 6.02. The summed E-state index contributed by atoms with van der Waals surface area (Å²) in [5.74, 6) is 1.20. The van der Waals surface area contributed by atoms with E-state index < -0.39 is 0 Å². The van der Waals surface area contributed by atoms with Gasteiger partial charge in [-0.2, -0.15) is 0 Å². The molecule has 0 saturated heterocycles. The van der Waals surface area contributed by atoms with E-state index in [0.29, 0.717) is 11.8 Å². The summed E-state index contributed by atoms with van der Waals surface area (Å²) >= 11 is 0. The summed E-state index contributed by atoms with van der Waals surface area (Å²) in [4.78, 5) is 0. The maximum atomic E-state index is 3.28. The normalized spacial score (nSPS) is 12.5. The zero-order chi connectivity index (χ0) is 18.1. The maximum Gasteiger partial charge on any atom is -0.00488 e. The van der Waals surface area contributed by atoms with E-state index in [4.69, 9.17) is 0 Å². The van der Waals surface area contributed by atoms with E-state index in [9.17, 15) is 0 Å². The van der Waals surface area contributed by atoms with Gasteiger partial charge >= 0.3 is 0 Å². The largest absolute Gasteiger partial charge is 0.320 e. The van der Waals surface area contributed by atoms with Crippen LogP contribution in [0, 0.1) is 0 Å². The molecule has 0 aliphatic heterocycles. The summed E-state index contributed by atoms with van der Waals surface area (Å²) in [7, 11) is 2.04. The van der Waals surface area contributed by atoms with Gasteiger partial charge < -0.3 is 5.32 Å². The quantitative estimate of drug-likeness (QED) is 0.517. The molecule has 1 nitrogen and oxygen atoms in total. The van der Waals surface area contributed by atoms with Crippen molar-refractivity contribution in [1.82, 2.24) is 5.32 Å². The fraction of sp³-hybridized carbons (Fsp3) is 0.500. The number of nitrogens with one attached hydrogen (secondary N) is 1. The number of hydrogen-bond acceptors (Lipinski definition) is 1. The highest BCUT2D eigenvalue weighted by Crippen LogP contribution is 2.34. The fourth-order valence-corrected chi connectivity index (χ4v) is 3.98. The van der Waals surface area contributed by atoms with E-state index in [2.05, 4.69) is 74.6 Å². The first kappa shape index (κ1) is 19.7. The van der Waals surface area contributed by atoms with Crippen molar-refractivity contribution in [3.63, 3.8) is 0 Å². The second kappa shape index (κ2) is 10.4. The van der Waals surface area contributed by atoms with Crippen molar-refractivity contribution in [3.8, 4) is 0 Å². The molecule has 0 aromatic heterocycles. The van der Waals surface area contributed by atoms with Gasteiger partial charge in [-0.25, -0.2) is 0 Å². The number of aryl methyl sites for hydroxylation is 1. The van der Waals surface area contributed by atoms with Gasteiger partial charge in [-0.05, 0) is 73.4 Å². The summed E-state index contributed by atoms with van der Waals surface area (Å²) in [5, 5.41) is 3.28. The molecule has 2 aromatic carbocycles. The van der Waals surface area contributed by atoms with Crippen LogP contribution in [0.5, 0.6) is 0 Å². The maximum absolute atomic E-state index is 3.28. The minimum Gasteiger partial charge on any atom is -0.320 e. The van der Waals surface area contributed by atoms with Crippen LogP contribution in [-0.4, -0.2) is 13.6 Å². The molecule has 1 unspecified atom stereocenters. The molecule has 0 aliphatic rings. The van der Waals surface area contributed by atoms with E-state index >= 15 is 0 Å².